The van der Waals surface area contributed by atoms with Crippen molar-refractivity contribution in [2.75, 3.05) is 18.1 Å². The van der Waals surface area contributed by atoms with Gasteiger partial charge in [-0.05, 0) is 48.6 Å². The maximum absolute atomic E-state index is 16.1. The molecule has 2 aromatic carbocycles. The Morgan fingerprint density at radius 3 is 2.47 bits per heavy atom. The quantitative estimate of drug-likeness (QED) is 0.162. The average molecular weight is 836 g/mol. The fourth-order valence-electron chi connectivity index (χ4n) is 7.88. The van der Waals surface area contributed by atoms with Crippen molar-refractivity contribution in [3.05, 3.63) is 97.9 Å². The van der Waals surface area contributed by atoms with Crippen LogP contribution in [0.2, 0.25) is 5.02 Å². The summed E-state index contributed by atoms with van der Waals surface area (Å²) in [5, 5.41) is 8.07. The number of sulfonamides is 1. The normalized spacial score (nSPS) is 18.2. The zero-order valence-electron chi connectivity index (χ0n) is 29.6. The number of primary amides is 1. The summed E-state index contributed by atoms with van der Waals surface area (Å²) in [5.41, 5.74) is 1.88. The number of rotatable bonds is 11. The zero-order chi connectivity index (χ0) is 41.0. The van der Waals surface area contributed by atoms with Crippen LogP contribution >= 0.6 is 11.6 Å². The molecule has 298 valence electrons. The van der Waals surface area contributed by atoms with Gasteiger partial charge in [-0.2, -0.15) is 19.0 Å². The second-order valence-electron chi connectivity index (χ2n) is 13.9. The molecule has 4 atom stereocenters. The van der Waals surface area contributed by atoms with E-state index in [1.807, 2.05) is 0 Å². The first kappa shape index (κ1) is 38.2. The Kier molecular flexibility index (Phi) is 8.83. The predicted octanol–water partition coefficient (Wildman–Crippen LogP) is 5.38. The van der Waals surface area contributed by atoms with E-state index >= 15 is 8.78 Å². The third-order valence-corrected chi connectivity index (χ3v) is 11.0. The number of hydrogen-bond donors (Lipinski definition) is 2. The molecule has 14 nitrogen and oxygen atoms in total. The Hall–Kier alpha value is -5.70. The minimum atomic E-state index is -3.95. The SMILES string of the molecule is COc1cnc2c(=O)n(-c3ccc(Cl)c4c(NS(C)(=O)=O)nn(C)c34)c([C@@H](Cc3cc(F)cc(F)c3)C(C(N)=O)n3nc(C(F)F)c4c3C(F)(F)[C@@H]3C[C@H]43)nc2c1. The summed E-state index contributed by atoms with van der Waals surface area (Å²) in [7, 11) is -1.26. The van der Waals surface area contributed by atoms with E-state index in [4.69, 9.17) is 22.1 Å². The Morgan fingerprint density at radius 1 is 1.14 bits per heavy atom. The molecular weight excluding hydrogens is 808 g/mol. The average Bonchev–Trinajstić information content (AvgIpc) is 3.65. The lowest BCUT2D eigenvalue weighted by Crippen LogP contribution is -2.39. The molecule has 6 aromatic rings. The zero-order valence-corrected chi connectivity index (χ0v) is 31.2. The van der Waals surface area contributed by atoms with E-state index in [0.717, 1.165) is 23.0 Å². The van der Waals surface area contributed by atoms with Crippen molar-refractivity contribution in [3.63, 3.8) is 0 Å². The molecule has 0 aliphatic heterocycles. The first-order chi connectivity index (χ1) is 26.8. The largest absolute Gasteiger partial charge is 0.495 e. The van der Waals surface area contributed by atoms with Crippen molar-refractivity contribution in [3.8, 4) is 11.4 Å². The second kappa shape index (κ2) is 13.2. The number of halogens is 7. The van der Waals surface area contributed by atoms with Crippen LogP contribution in [0.15, 0.2) is 47.4 Å². The van der Waals surface area contributed by atoms with Crippen LogP contribution in [0, 0.1) is 17.6 Å². The molecule has 8 rings (SSSR count). The van der Waals surface area contributed by atoms with Crippen LogP contribution in [0.1, 0.15) is 59.1 Å². The Balaban J connectivity index is 1.49. The van der Waals surface area contributed by atoms with Gasteiger partial charge in [0.25, 0.3) is 17.9 Å². The number of alkyl halides is 4. The smallest absolute Gasteiger partial charge is 0.293 e. The number of fused-ring (bicyclic) bond motifs is 5. The number of nitrogens with two attached hydrogens (primary N) is 1. The number of amides is 1. The van der Waals surface area contributed by atoms with Gasteiger partial charge in [-0.1, -0.05) is 11.6 Å². The second-order valence-corrected chi connectivity index (χ2v) is 16.0. The van der Waals surface area contributed by atoms with Crippen molar-refractivity contribution >= 4 is 55.3 Å². The topological polar surface area (TPSA) is 182 Å². The lowest BCUT2D eigenvalue weighted by atomic mass is 9.89. The van der Waals surface area contributed by atoms with Crippen LogP contribution in [-0.2, 0) is 34.2 Å². The summed E-state index contributed by atoms with van der Waals surface area (Å²) in [4.78, 5) is 37.5. The number of carbonyl (C=O) groups is 1. The molecule has 4 heterocycles. The van der Waals surface area contributed by atoms with Gasteiger partial charge in [-0.25, -0.2) is 40.6 Å². The number of anilines is 1. The van der Waals surface area contributed by atoms with Crippen LogP contribution in [0.4, 0.5) is 32.2 Å². The molecule has 0 radical (unpaired) electrons. The fourth-order valence-corrected chi connectivity index (χ4v) is 8.61. The molecule has 1 saturated carbocycles. The van der Waals surface area contributed by atoms with Crippen molar-refractivity contribution in [1.82, 2.24) is 34.1 Å². The van der Waals surface area contributed by atoms with E-state index in [2.05, 4.69) is 24.9 Å². The number of methoxy groups -OCH3 is 1. The van der Waals surface area contributed by atoms with Crippen LogP contribution in [0.5, 0.6) is 5.75 Å². The molecule has 57 heavy (non-hydrogen) atoms. The van der Waals surface area contributed by atoms with Gasteiger partial charge in [0.15, 0.2) is 11.3 Å². The summed E-state index contributed by atoms with van der Waals surface area (Å²) in [6.45, 7) is 0. The van der Waals surface area contributed by atoms with Crippen LogP contribution < -0.4 is 20.8 Å². The van der Waals surface area contributed by atoms with Gasteiger partial charge >= 0.3 is 0 Å². The first-order valence-corrected chi connectivity index (χ1v) is 19.2. The number of carbonyl (C=O) groups excluding carboxylic acids is 1. The first-order valence-electron chi connectivity index (χ1n) is 16.9. The maximum Gasteiger partial charge on any atom is 0.293 e. The molecule has 22 heteroatoms. The van der Waals surface area contributed by atoms with E-state index in [-0.39, 0.29) is 56.2 Å². The molecule has 2 aliphatic carbocycles. The molecule has 4 aromatic heterocycles. The number of nitrogens with one attached hydrogen (secondary N) is 1. The highest BCUT2D eigenvalue weighted by Gasteiger charge is 2.67. The van der Waals surface area contributed by atoms with Crippen LogP contribution in [0.25, 0.3) is 27.6 Å². The molecule has 0 spiro atoms. The summed E-state index contributed by atoms with van der Waals surface area (Å²) < 4.78 is 125. The monoisotopic (exact) mass is 835 g/mol. The number of benzene rings is 2. The lowest BCUT2D eigenvalue weighted by molar-refractivity contribution is -0.122. The predicted molar refractivity (Wildman–Crippen MR) is 192 cm³/mol. The summed E-state index contributed by atoms with van der Waals surface area (Å²) in [6, 6.07) is 4.08. The van der Waals surface area contributed by atoms with Gasteiger partial charge in [-0.15, -0.1) is 0 Å². The number of hydrogen-bond acceptors (Lipinski definition) is 9. The van der Waals surface area contributed by atoms with Gasteiger partial charge in [-0.3, -0.25) is 23.6 Å². The molecule has 3 N–H and O–H groups in total. The van der Waals surface area contributed by atoms with Crippen LogP contribution in [-0.4, -0.2) is 61.8 Å². The molecule has 0 bridgehead atoms. The number of nitrogens with zero attached hydrogens (tertiary/aromatic N) is 7. The van der Waals surface area contributed by atoms with Crippen LogP contribution in [0.3, 0.4) is 0 Å². The Labute approximate surface area is 322 Å². The third kappa shape index (κ3) is 6.22. The fraction of sp³-hybridized carbons (Fsp3) is 0.314. The van der Waals surface area contributed by atoms with Crippen molar-refractivity contribution in [2.24, 2.45) is 18.7 Å². The van der Waals surface area contributed by atoms with E-state index < -0.39 is 98.5 Å². The van der Waals surface area contributed by atoms with Gasteiger partial charge in [0.05, 0.1) is 47.1 Å². The highest BCUT2D eigenvalue weighted by Crippen LogP contribution is 2.68. The highest BCUT2D eigenvalue weighted by molar-refractivity contribution is 7.92. The Bertz CT molecular complexity index is 2850. The van der Waals surface area contributed by atoms with E-state index in [0.29, 0.717) is 10.7 Å². The van der Waals surface area contributed by atoms with Crippen molar-refractivity contribution in [1.29, 1.82) is 0 Å². The minimum absolute atomic E-state index is 0.00410. The molecule has 1 amide bonds. The van der Waals surface area contributed by atoms with Gasteiger partial charge in [0.2, 0.25) is 15.9 Å². The number of aryl methyl sites for hydroxylation is 1. The number of pyridine rings is 1. The standard InChI is InChI=1S/C35H28ClF6N9O5S/c1-49-28-22(5-4-20(36)24(28)32(47-49)48-57(3,54)55)50-33(45-21-10-16(56-2)12-44-25(21)34(50)53)18(8-13-6-14(37)9-15(38)7-13)27(31(43)52)51-29-23(26(46-51)30(39)40)17-11-19(17)35(29,41)42/h4-7,9-10,12,17-19,27,30H,8,11H2,1-3H3,(H2,43,52)(H,47,48)/t17-,18-,19+,27?/m0/s1. The Morgan fingerprint density at radius 2 is 1.84 bits per heavy atom. The lowest BCUT2D eigenvalue weighted by Gasteiger charge is -2.30. The van der Waals surface area contributed by atoms with Gasteiger partial charge < -0.3 is 10.5 Å². The van der Waals surface area contributed by atoms with E-state index in [1.165, 1.54) is 43.2 Å². The molecular formula is C35H28ClF6N9O5S. The third-order valence-electron chi connectivity index (χ3n) is 10.2. The molecule has 1 fully saturated rings. The van der Waals surface area contributed by atoms with E-state index in [9.17, 15) is 35.6 Å². The van der Waals surface area contributed by atoms with Gasteiger partial charge in [0, 0.05) is 30.7 Å². The number of ether oxygens (including phenoxy) is 1. The van der Waals surface area contributed by atoms with Crippen molar-refractivity contribution in [2.45, 2.75) is 43.1 Å². The maximum atomic E-state index is 16.1. The molecule has 1 unspecified atom stereocenters. The van der Waals surface area contributed by atoms with E-state index in [1.54, 1.807) is 0 Å². The van der Waals surface area contributed by atoms with Gasteiger partial charge in [0.1, 0.15) is 46.2 Å². The molecule has 2 aliphatic rings. The summed E-state index contributed by atoms with van der Waals surface area (Å²) in [6.07, 6.45) is -2.05. The summed E-state index contributed by atoms with van der Waals surface area (Å²) >= 11 is 6.57. The summed E-state index contributed by atoms with van der Waals surface area (Å²) in [5.74, 6) is -12.0. The minimum Gasteiger partial charge on any atom is -0.495 e. The number of aromatic nitrogens is 7. The highest BCUT2D eigenvalue weighted by atomic mass is 35.5. The molecule has 0 saturated heterocycles. The van der Waals surface area contributed by atoms with Crippen molar-refractivity contribution < 1.29 is 44.3 Å².